The average Bonchev–Trinajstić information content (AvgIpc) is 2.74. The third kappa shape index (κ3) is 3.12. The summed E-state index contributed by atoms with van der Waals surface area (Å²) < 4.78 is 0. The zero-order valence-corrected chi connectivity index (χ0v) is 11.9. The second kappa shape index (κ2) is 5.12. The number of nitrogens with zero attached hydrogens (tertiary/aromatic N) is 1. The molecule has 1 amide bonds. The highest BCUT2D eigenvalue weighted by Gasteiger charge is 2.60. The molecule has 0 bridgehead atoms. The summed E-state index contributed by atoms with van der Waals surface area (Å²) in [6.45, 7) is 8.52. The van der Waals surface area contributed by atoms with Gasteiger partial charge in [-0.15, -0.1) is 0 Å². The monoisotopic (exact) mass is 253 g/mol. The van der Waals surface area contributed by atoms with Crippen molar-refractivity contribution < 1.29 is 14.7 Å². The van der Waals surface area contributed by atoms with Crippen LogP contribution in [-0.4, -0.2) is 35.5 Å². The van der Waals surface area contributed by atoms with Crippen LogP contribution < -0.4 is 0 Å². The van der Waals surface area contributed by atoms with Gasteiger partial charge in [0.25, 0.3) is 0 Å². The standard InChI is InChI=1S/C14H23NO3/c1-9(2)8-10-12(14(10,3)4)13(18)15(5)7-6-11(16)17/h8,10,12H,6-7H2,1-5H3,(H,16,17)/t10-,12-/m0/s1. The molecule has 1 saturated carbocycles. The number of aliphatic carboxylic acids is 1. The number of amides is 1. The van der Waals surface area contributed by atoms with Crippen molar-refractivity contribution in [3.8, 4) is 0 Å². The first-order valence-electron chi connectivity index (χ1n) is 6.29. The number of carboxylic acid groups (broad SMARTS) is 1. The van der Waals surface area contributed by atoms with Crippen molar-refractivity contribution in [2.75, 3.05) is 13.6 Å². The normalized spacial score (nSPS) is 24.3. The minimum absolute atomic E-state index is 0.00268. The lowest BCUT2D eigenvalue weighted by molar-refractivity contribution is -0.138. The first-order valence-corrected chi connectivity index (χ1v) is 6.29. The first-order chi connectivity index (χ1) is 8.17. The van der Waals surface area contributed by atoms with Crippen LogP contribution >= 0.6 is 0 Å². The summed E-state index contributed by atoms with van der Waals surface area (Å²) in [5.74, 6) is -0.539. The quantitative estimate of drug-likeness (QED) is 0.764. The fourth-order valence-electron chi connectivity index (χ4n) is 2.43. The summed E-state index contributed by atoms with van der Waals surface area (Å²) >= 11 is 0. The smallest absolute Gasteiger partial charge is 0.305 e. The Kier molecular flexibility index (Phi) is 4.20. The van der Waals surface area contributed by atoms with Crippen molar-refractivity contribution in [1.82, 2.24) is 4.90 Å². The van der Waals surface area contributed by atoms with Crippen molar-refractivity contribution in [3.63, 3.8) is 0 Å². The van der Waals surface area contributed by atoms with Gasteiger partial charge in [-0.25, -0.2) is 0 Å². The van der Waals surface area contributed by atoms with Gasteiger partial charge in [0, 0.05) is 13.6 Å². The molecule has 0 saturated heterocycles. The highest BCUT2D eigenvalue weighted by molar-refractivity contribution is 5.84. The van der Waals surface area contributed by atoms with E-state index in [0.717, 1.165) is 0 Å². The maximum absolute atomic E-state index is 12.2. The Labute approximate surface area is 109 Å². The van der Waals surface area contributed by atoms with Crippen molar-refractivity contribution in [2.45, 2.75) is 34.1 Å². The SMILES string of the molecule is CC(C)=C[C@H]1[C@@H](C(=O)N(C)CCC(=O)O)C1(C)C. The van der Waals surface area contributed by atoms with Crippen molar-refractivity contribution in [1.29, 1.82) is 0 Å². The van der Waals surface area contributed by atoms with Crippen molar-refractivity contribution >= 4 is 11.9 Å². The Bertz CT molecular complexity index is 381. The number of carbonyl (C=O) groups is 2. The van der Waals surface area contributed by atoms with Crippen LogP contribution in [0.3, 0.4) is 0 Å². The van der Waals surface area contributed by atoms with Gasteiger partial charge in [-0.1, -0.05) is 25.5 Å². The van der Waals surface area contributed by atoms with Crippen molar-refractivity contribution in [2.24, 2.45) is 17.3 Å². The average molecular weight is 253 g/mol. The van der Waals surface area contributed by atoms with Gasteiger partial charge in [0.05, 0.1) is 12.3 Å². The van der Waals surface area contributed by atoms with Gasteiger partial charge in [-0.3, -0.25) is 9.59 Å². The number of rotatable bonds is 5. The van der Waals surface area contributed by atoms with Gasteiger partial charge in [0.1, 0.15) is 0 Å². The van der Waals surface area contributed by atoms with Crippen LogP contribution in [0, 0.1) is 17.3 Å². The molecule has 1 N–H and O–H groups in total. The number of allylic oxidation sites excluding steroid dienone is 2. The molecule has 0 radical (unpaired) electrons. The molecule has 0 aromatic rings. The lowest BCUT2D eigenvalue weighted by Gasteiger charge is -2.16. The van der Waals surface area contributed by atoms with E-state index in [4.69, 9.17) is 5.11 Å². The lowest BCUT2D eigenvalue weighted by Crippen LogP contribution is -2.31. The first kappa shape index (κ1) is 14.7. The Morgan fingerprint density at radius 3 is 2.33 bits per heavy atom. The molecule has 0 aliphatic heterocycles. The summed E-state index contributed by atoms with van der Waals surface area (Å²) in [5.41, 5.74) is 1.21. The second-order valence-electron chi connectivity index (χ2n) is 5.97. The fraction of sp³-hybridized carbons (Fsp3) is 0.714. The van der Waals surface area contributed by atoms with Gasteiger partial charge >= 0.3 is 5.97 Å². The van der Waals surface area contributed by atoms with E-state index in [1.807, 2.05) is 13.8 Å². The molecule has 1 fully saturated rings. The molecule has 0 aromatic carbocycles. The zero-order valence-electron chi connectivity index (χ0n) is 11.9. The van der Waals surface area contributed by atoms with Crippen LogP contribution in [0.25, 0.3) is 0 Å². The molecule has 4 nitrogen and oxygen atoms in total. The number of carbonyl (C=O) groups excluding carboxylic acids is 1. The van der Waals surface area contributed by atoms with E-state index in [1.54, 1.807) is 11.9 Å². The molecule has 0 unspecified atom stereocenters. The van der Waals surface area contributed by atoms with Gasteiger partial charge in [0.15, 0.2) is 0 Å². The summed E-state index contributed by atoms with van der Waals surface area (Å²) in [6.07, 6.45) is 2.15. The highest BCUT2D eigenvalue weighted by Crippen LogP contribution is 2.59. The number of hydrogen-bond donors (Lipinski definition) is 1. The largest absolute Gasteiger partial charge is 0.481 e. The Morgan fingerprint density at radius 1 is 1.33 bits per heavy atom. The third-order valence-electron chi connectivity index (χ3n) is 3.73. The maximum Gasteiger partial charge on any atom is 0.305 e. The van der Waals surface area contributed by atoms with Crippen LogP contribution in [0.1, 0.15) is 34.1 Å². The van der Waals surface area contributed by atoms with Gasteiger partial charge < -0.3 is 10.0 Å². The molecule has 4 heteroatoms. The van der Waals surface area contributed by atoms with E-state index >= 15 is 0 Å². The molecule has 1 aliphatic rings. The topological polar surface area (TPSA) is 57.6 Å². The predicted octanol–water partition coefficient (Wildman–Crippen LogP) is 2.16. The molecule has 0 aromatic heterocycles. The predicted molar refractivity (Wildman–Crippen MR) is 70.1 cm³/mol. The summed E-state index contributed by atoms with van der Waals surface area (Å²) in [6, 6.07) is 0. The van der Waals surface area contributed by atoms with Crippen molar-refractivity contribution in [3.05, 3.63) is 11.6 Å². The van der Waals surface area contributed by atoms with E-state index in [0.29, 0.717) is 0 Å². The van der Waals surface area contributed by atoms with E-state index in [1.165, 1.54) is 5.57 Å². The molecule has 1 rings (SSSR count). The van der Waals surface area contributed by atoms with Crippen LogP contribution in [-0.2, 0) is 9.59 Å². The van der Waals surface area contributed by atoms with E-state index in [9.17, 15) is 9.59 Å². The molecular formula is C14H23NO3. The van der Waals surface area contributed by atoms with Crippen LogP contribution in [0.15, 0.2) is 11.6 Å². The lowest BCUT2D eigenvalue weighted by atomic mass is 10.1. The van der Waals surface area contributed by atoms with E-state index in [2.05, 4.69) is 19.9 Å². The molecule has 1 aliphatic carbocycles. The molecule has 18 heavy (non-hydrogen) atoms. The molecule has 2 atom stereocenters. The Balaban J connectivity index is 2.63. The Hall–Kier alpha value is -1.32. The summed E-state index contributed by atoms with van der Waals surface area (Å²) in [7, 11) is 1.68. The molecular weight excluding hydrogens is 230 g/mol. The minimum atomic E-state index is -0.870. The zero-order chi connectivity index (χ0) is 14.1. The Morgan fingerprint density at radius 2 is 1.89 bits per heavy atom. The number of hydrogen-bond acceptors (Lipinski definition) is 2. The number of carboxylic acids is 1. The summed E-state index contributed by atoms with van der Waals surface area (Å²) in [4.78, 5) is 24.3. The highest BCUT2D eigenvalue weighted by atomic mass is 16.4. The van der Waals surface area contributed by atoms with E-state index < -0.39 is 5.97 Å². The molecule has 0 heterocycles. The third-order valence-corrected chi connectivity index (χ3v) is 3.73. The minimum Gasteiger partial charge on any atom is -0.481 e. The van der Waals surface area contributed by atoms with Gasteiger partial charge in [0.2, 0.25) is 5.91 Å². The van der Waals surface area contributed by atoms with Gasteiger partial charge in [-0.2, -0.15) is 0 Å². The van der Waals surface area contributed by atoms with Crippen LogP contribution in [0.4, 0.5) is 0 Å². The maximum atomic E-state index is 12.2. The molecule has 102 valence electrons. The second-order valence-corrected chi connectivity index (χ2v) is 5.97. The van der Waals surface area contributed by atoms with Gasteiger partial charge in [-0.05, 0) is 25.2 Å². The summed E-state index contributed by atoms with van der Waals surface area (Å²) in [5, 5.41) is 8.62. The fourth-order valence-corrected chi connectivity index (χ4v) is 2.43. The van der Waals surface area contributed by atoms with Crippen LogP contribution in [0.5, 0.6) is 0 Å². The molecule has 0 spiro atoms. The van der Waals surface area contributed by atoms with Crippen LogP contribution in [0.2, 0.25) is 0 Å². The van der Waals surface area contributed by atoms with E-state index in [-0.39, 0.29) is 36.1 Å².